The first-order chi connectivity index (χ1) is 19.2. The predicted molar refractivity (Wildman–Crippen MR) is 162 cm³/mol. The third-order valence-electron chi connectivity index (χ3n) is 3.86. The molecule has 9 heteroatoms. The van der Waals surface area contributed by atoms with Crippen molar-refractivity contribution in [2.24, 2.45) is 0 Å². The maximum atomic E-state index is 7.50. The minimum Gasteiger partial charge on any atom is -0.549 e. The number of rotatable bonds is 4. The van der Waals surface area contributed by atoms with E-state index in [9.17, 15) is 0 Å². The van der Waals surface area contributed by atoms with Crippen LogP contribution in [0, 0.1) is 39.6 Å². The number of allylic oxidation sites excluding steroid dienone is 1. The number of benzene rings is 3. The van der Waals surface area contributed by atoms with Gasteiger partial charge in [0.1, 0.15) is 0 Å². The molecule has 0 unspecified atom stereocenters. The molecule has 225 valence electrons. The molecular formula is C33H33AuMnMoO4P2-2. The zero-order chi connectivity index (χ0) is 30.6. The fourth-order valence-electron chi connectivity index (χ4n) is 2.26. The molecule has 1 radical (unpaired) electrons. The van der Waals surface area contributed by atoms with Crippen LogP contribution in [0.15, 0.2) is 127 Å². The van der Waals surface area contributed by atoms with Gasteiger partial charge in [-0.15, -0.1) is 0 Å². The van der Waals surface area contributed by atoms with Gasteiger partial charge in [0.25, 0.3) is 0 Å². The van der Waals surface area contributed by atoms with E-state index < -0.39 is 0 Å². The molecule has 42 heavy (non-hydrogen) atoms. The van der Waals surface area contributed by atoms with E-state index in [0.717, 1.165) is 8.58 Å². The first-order valence-electron chi connectivity index (χ1n) is 11.1. The second kappa shape index (κ2) is 52.1. The smallest absolute Gasteiger partial charge is 0 e. The van der Waals surface area contributed by atoms with Crippen LogP contribution in [-0.2, 0) is 79.1 Å². The van der Waals surface area contributed by atoms with Gasteiger partial charge in [-0.25, -0.2) is 12.1 Å². The van der Waals surface area contributed by atoms with Crippen LogP contribution in [0.2, 0.25) is 0 Å². The molecular weight excluding hydrogens is 870 g/mol. The van der Waals surface area contributed by atoms with E-state index in [1.54, 1.807) is 6.42 Å². The third kappa shape index (κ3) is 40.5. The zero-order valence-electron chi connectivity index (χ0n) is 23.4. The van der Waals surface area contributed by atoms with Crippen LogP contribution in [0.25, 0.3) is 0 Å². The Hall–Kier alpha value is -1.61. The van der Waals surface area contributed by atoms with Crippen molar-refractivity contribution in [3.8, 4) is 0 Å². The second-order valence-electron chi connectivity index (χ2n) is 6.58. The molecule has 0 saturated heterocycles. The van der Waals surface area contributed by atoms with Crippen LogP contribution in [-0.4, -0.2) is 13.3 Å². The fraction of sp³-hybridized carbons (Fsp3) is 0.0909. The molecule has 0 aromatic heterocycles. The Morgan fingerprint density at radius 2 is 0.952 bits per heavy atom. The topological polar surface area (TPSA) is 79.6 Å². The van der Waals surface area contributed by atoms with E-state index in [4.69, 9.17) is 25.2 Å². The Morgan fingerprint density at radius 3 is 1.14 bits per heavy atom. The van der Waals surface area contributed by atoms with E-state index in [2.05, 4.69) is 131 Å². The van der Waals surface area contributed by atoms with Crippen molar-refractivity contribution in [2.75, 3.05) is 13.3 Å². The number of hydrogen-bond donors (Lipinski definition) is 0. The Bertz CT molecular complexity index is 997. The van der Waals surface area contributed by atoms with Gasteiger partial charge in [0.2, 0.25) is 0 Å². The van der Waals surface area contributed by atoms with Crippen LogP contribution in [0.4, 0.5) is 0 Å². The maximum absolute atomic E-state index is 7.50. The summed E-state index contributed by atoms with van der Waals surface area (Å²) in [6, 6.07) is 41.8. The van der Waals surface area contributed by atoms with Gasteiger partial charge in [-0.05, 0) is 29.2 Å². The molecule has 4 nitrogen and oxygen atoms in total. The summed E-state index contributed by atoms with van der Waals surface area (Å²) in [5, 5.41) is 4.27. The third-order valence-corrected chi connectivity index (χ3v) is 6.43. The minimum absolute atomic E-state index is 0. The number of hydrogen-bond acceptors (Lipinski definition) is 0. The predicted octanol–water partition coefficient (Wildman–Crippen LogP) is 6.82. The van der Waals surface area contributed by atoms with E-state index in [1.165, 1.54) is 22.0 Å². The van der Waals surface area contributed by atoms with E-state index in [0.29, 0.717) is 0 Å². The second-order valence-corrected chi connectivity index (χ2v) is 10.3. The molecule has 0 aliphatic heterocycles. The molecule has 0 spiro atoms. The van der Waals surface area contributed by atoms with Crippen LogP contribution in [0.3, 0.4) is 0 Å². The summed E-state index contributed by atoms with van der Waals surface area (Å²) < 4.78 is 30.0. The first kappa shape index (κ1) is 56.2. The summed E-state index contributed by atoms with van der Waals surface area (Å²) in [5.74, 6) is 0. The SMILES string of the molecule is CP(C)c1ccccc1.[Au+].[C-]#[O+].[C-]#[O+].[C-]#[O+].[C-]#[O+].[CH-]=C[CH-]C.[Mn].[Mo].c1cc[cH-]c1.c1ccc(Pc2ccccc2)cc1. The van der Waals surface area contributed by atoms with Crippen LogP contribution in [0.5, 0.6) is 0 Å². The Morgan fingerprint density at radius 1 is 0.667 bits per heavy atom. The summed E-state index contributed by atoms with van der Waals surface area (Å²) in [5.41, 5.74) is 0. The molecule has 0 bridgehead atoms. The Kier molecular flexibility index (Phi) is 69.7. The molecule has 4 aromatic rings. The maximum Gasteiger partial charge on any atom is 0 e. The normalized spacial score (nSPS) is 6.86. The summed E-state index contributed by atoms with van der Waals surface area (Å²) in [7, 11) is 0.881. The van der Waals surface area contributed by atoms with Crippen LogP contribution < -0.4 is 15.9 Å². The van der Waals surface area contributed by atoms with Crippen LogP contribution >= 0.6 is 16.5 Å². The van der Waals surface area contributed by atoms with Crippen molar-refractivity contribution in [1.82, 2.24) is 0 Å². The largest absolute Gasteiger partial charge is 0.549 e. The van der Waals surface area contributed by atoms with E-state index in [1.807, 2.05) is 37.3 Å². The van der Waals surface area contributed by atoms with Crippen molar-refractivity contribution in [3.05, 3.63) is 167 Å². The van der Waals surface area contributed by atoms with Crippen molar-refractivity contribution < 1.29 is 79.1 Å². The monoisotopic (exact) mass is 905 g/mol. The van der Waals surface area contributed by atoms with Crippen molar-refractivity contribution in [2.45, 2.75) is 6.92 Å². The standard InChI is InChI=1S/C12H11P.C8H11P.C5H5.C4H6.4CO.Au.Mn.Mo/c1-3-7-11(8-4-1)13-12-9-5-2-6-10-12;1-9(2)8-6-4-3-5-7-8;1-2-4-5-3-1;1-3-4-2;4*1-2;;;/h1-10,13H;3-7H,1-2H3;1-5H;1,3-4H,2H3;;;;;;;/q;;-1;-2;;;;;+1;;. The van der Waals surface area contributed by atoms with Gasteiger partial charge in [-0.1, -0.05) is 107 Å². The van der Waals surface area contributed by atoms with E-state index in [-0.39, 0.29) is 68.4 Å². The Balaban J connectivity index is -0.0000000749. The van der Waals surface area contributed by atoms with Crippen molar-refractivity contribution >= 4 is 32.4 Å². The Labute approximate surface area is 296 Å². The molecule has 0 fully saturated rings. The molecule has 0 saturated carbocycles. The van der Waals surface area contributed by atoms with Gasteiger partial charge in [0.15, 0.2) is 0 Å². The molecule has 4 aromatic carbocycles. The first-order valence-corrected chi connectivity index (χ1v) is 14.3. The molecule has 0 aliphatic carbocycles. The van der Waals surface area contributed by atoms with Crippen molar-refractivity contribution in [1.29, 1.82) is 0 Å². The van der Waals surface area contributed by atoms with Gasteiger partial charge in [-0.2, -0.15) is 25.1 Å². The van der Waals surface area contributed by atoms with Gasteiger partial charge in [0, 0.05) is 38.1 Å². The quantitative estimate of drug-likeness (QED) is 0.0935. The molecule has 4 rings (SSSR count). The molecule has 0 aliphatic rings. The summed E-state index contributed by atoms with van der Waals surface area (Å²) in [4.78, 5) is 0. The van der Waals surface area contributed by atoms with Gasteiger partial charge < -0.3 is 19.1 Å². The minimum atomic E-state index is 0. The fourth-order valence-corrected chi connectivity index (χ4v) is 4.08. The molecule has 0 atom stereocenters. The summed E-state index contributed by atoms with van der Waals surface area (Å²) >= 11 is 0. The van der Waals surface area contributed by atoms with Crippen molar-refractivity contribution in [3.63, 3.8) is 0 Å². The van der Waals surface area contributed by atoms with Crippen LogP contribution in [0.1, 0.15) is 6.92 Å². The van der Waals surface area contributed by atoms with Gasteiger partial charge in [0.05, 0.1) is 0 Å². The van der Waals surface area contributed by atoms with Gasteiger partial charge in [-0.3, -0.25) is 0 Å². The summed E-state index contributed by atoms with van der Waals surface area (Å²) in [6.07, 6.45) is 3.28. The van der Waals surface area contributed by atoms with Gasteiger partial charge >= 0.3 is 67.6 Å². The average molecular weight is 903 g/mol. The summed E-state index contributed by atoms with van der Waals surface area (Å²) in [6.45, 7) is 29.3. The molecule has 0 heterocycles. The average Bonchev–Trinajstić information content (AvgIpc) is 3.64. The zero-order valence-corrected chi connectivity index (χ0v) is 30.7. The molecule has 0 amide bonds. The molecule has 0 N–H and O–H groups in total. The van der Waals surface area contributed by atoms with E-state index >= 15 is 0 Å².